The summed E-state index contributed by atoms with van der Waals surface area (Å²) in [6.45, 7) is 3.61. The quantitative estimate of drug-likeness (QED) is 0.679. The van der Waals surface area contributed by atoms with Crippen molar-refractivity contribution < 1.29 is 22.4 Å². The predicted octanol–water partition coefficient (Wildman–Crippen LogP) is 1.96. The highest BCUT2D eigenvalue weighted by molar-refractivity contribution is 7.90. The number of sulfonamides is 1. The van der Waals surface area contributed by atoms with Crippen LogP contribution in [0.15, 0.2) is 51.9 Å². The number of aryl methyl sites for hydroxylation is 1. The number of hydrogen-bond donors (Lipinski definition) is 1. The fraction of sp³-hybridized carbons (Fsp3) is 0.176. The van der Waals surface area contributed by atoms with Crippen molar-refractivity contribution in [3.63, 3.8) is 0 Å². The van der Waals surface area contributed by atoms with Gasteiger partial charge in [0.1, 0.15) is 4.90 Å². The maximum atomic E-state index is 12.5. The summed E-state index contributed by atoms with van der Waals surface area (Å²) in [5, 5.41) is 7.62. The van der Waals surface area contributed by atoms with Crippen LogP contribution in [0.4, 0.5) is 0 Å². The molecular weight excluding hydrogens is 372 g/mol. The van der Waals surface area contributed by atoms with Gasteiger partial charge in [0.25, 0.3) is 15.9 Å². The second kappa shape index (κ2) is 7.54. The first-order chi connectivity index (χ1) is 12.9. The van der Waals surface area contributed by atoms with Crippen LogP contribution in [0.3, 0.4) is 0 Å². The van der Waals surface area contributed by atoms with E-state index in [1.807, 2.05) is 4.72 Å². The Balaban J connectivity index is 1.80. The Morgan fingerprint density at radius 2 is 1.93 bits per heavy atom. The zero-order valence-corrected chi connectivity index (χ0v) is 15.4. The third kappa shape index (κ3) is 4.11. The molecule has 1 amide bonds. The van der Waals surface area contributed by atoms with Crippen molar-refractivity contribution in [1.82, 2.24) is 19.9 Å². The molecule has 0 spiro atoms. The molecule has 3 aromatic rings. The van der Waals surface area contributed by atoms with Crippen molar-refractivity contribution in [2.24, 2.45) is 0 Å². The first-order valence-corrected chi connectivity index (χ1v) is 9.44. The lowest BCUT2D eigenvalue weighted by molar-refractivity contribution is 0.0981. The second-order valence-electron chi connectivity index (χ2n) is 5.38. The molecule has 0 unspecified atom stereocenters. The fourth-order valence-corrected chi connectivity index (χ4v) is 3.31. The minimum Gasteiger partial charge on any atom is -0.477 e. The summed E-state index contributed by atoms with van der Waals surface area (Å²) in [5.41, 5.74) is 0.765. The summed E-state index contributed by atoms with van der Waals surface area (Å²) in [7, 11) is -4.15. The highest BCUT2D eigenvalue weighted by atomic mass is 32.2. The average Bonchev–Trinajstić information content (AvgIpc) is 3.08. The smallest absolute Gasteiger partial charge is 0.269 e. The molecule has 1 aromatic carbocycles. The van der Waals surface area contributed by atoms with Crippen LogP contribution in [0.25, 0.3) is 11.5 Å². The molecule has 3 rings (SSSR count). The van der Waals surface area contributed by atoms with Gasteiger partial charge in [-0.3, -0.25) is 4.79 Å². The van der Waals surface area contributed by atoms with Gasteiger partial charge < -0.3 is 9.15 Å². The van der Waals surface area contributed by atoms with Gasteiger partial charge in [-0.25, -0.2) is 18.1 Å². The van der Waals surface area contributed by atoms with E-state index in [1.165, 1.54) is 30.5 Å². The molecule has 0 saturated heterocycles. The first-order valence-electron chi connectivity index (χ1n) is 7.96. The van der Waals surface area contributed by atoms with Crippen LogP contribution in [0.1, 0.15) is 23.2 Å². The Morgan fingerprint density at radius 3 is 2.56 bits per heavy atom. The Kier molecular flexibility index (Phi) is 5.17. The third-order valence-corrected chi connectivity index (χ3v) is 4.80. The molecule has 0 bridgehead atoms. The SMILES string of the molecule is CCOc1ncccc1S(=O)(=O)NC(=O)c1ccc(-c2nnc(C)o2)cc1. The third-order valence-electron chi connectivity index (χ3n) is 3.45. The number of nitrogens with one attached hydrogen (secondary N) is 1. The number of rotatable bonds is 6. The lowest BCUT2D eigenvalue weighted by atomic mass is 10.1. The van der Waals surface area contributed by atoms with Crippen molar-refractivity contribution in [1.29, 1.82) is 0 Å². The number of carbonyl (C=O) groups is 1. The minimum atomic E-state index is -4.15. The Hall–Kier alpha value is -3.27. The van der Waals surface area contributed by atoms with E-state index < -0.39 is 15.9 Å². The minimum absolute atomic E-state index is 0.0672. The molecule has 0 radical (unpaired) electrons. The Morgan fingerprint density at radius 1 is 1.19 bits per heavy atom. The standard InChI is InChI=1S/C17H16N4O5S/c1-3-25-17-14(5-4-10-18-17)27(23,24)21-15(22)12-6-8-13(9-7-12)16-20-19-11(2)26-16/h4-10H,3H2,1-2H3,(H,21,22). The molecule has 0 aliphatic carbocycles. The number of amides is 1. The fourth-order valence-electron chi connectivity index (χ4n) is 2.24. The molecule has 0 aliphatic heterocycles. The molecule has 27 heavy (non-hydrogen) atoms. The van der Waals surface area contributed by atoms with Crippen LogP contribution < -0.4 is 9.46 Å². The molecule has 0 fully saturated rings. The largest absolute Gasteiger partial charge is 0.477 e. The van der Waals surface area contributed by atoms with Crippen molar-refractivity contribution >= 4 is 15.9 Å². The van der Waals surface area contributed by atoms with Crippen LogP contribution in [-0.4, -0.2) is 36.1 Å². The van der Waals surface area contributed by atoms with Crippen LogP contribution in [0.2, 0.25) is 0 Å². The predicted molar refractivity (Wildman–Crippen MR) is 94.5 cm³/mol. The number of benzene rings is 1. The highest BCUT2D eigenvalue weighted by Crippen LogP contribution is 2.21. The molecule has 1 N–H and O–H groups in total. The lowest BCUT2D eigenvalue weighted by Crippen LogP contribution is -2.31. The maximum absolute atomic E-state index is 12.5. The molecule has 140 valence electrons. The highest BCUT2D eigenvalue weighted by Gasteiger charge is 2.23. The summed E-state index contributed by atoms with van der Waals surface area (Å²) < 4.78 is 37.6. The van der Waals surface area contributed by atoms with Gasteiger partial charge >= 0.3 is 0 Å². The zero-order valence-electron chi connectivity index (χ0n) is 14.5. The van der Waals surface area contributed by atoms with E-state index in [2.05, 4.69) is 15.2 Å². The summed E-state index contributed by atoms with van der Waals surface area (Å²) in [6.07, 6.45) is 1.41. The summed E-state index contributed by atoms with van der Waals surface area (Å²) in [4.78, 5) is 16.0. The van der Waals surface area contributed by atoms with E-state index in [0.717, 1.165) is 0 Å². The number of hydrogen-bond acceptors (Lipinski definition) is 8. The maximum Gasteiger partial charge on any atom is 0.269 e. The van der Waals surface area contributed by atoms with Crippen molar-refractivity contribution in [2.75, 3.05) is 6.61 Å². The Labute approximate surface area is 155 Å². The van der Waals surface area contributed by atoms with Gasteiger partial charge in [0, 0.05) is 24.2 Å². The van der Waals surface area contributed by atoms with E-state index in [1.54, 1.807) is 26.0 Å². The molecule has 9 nitrogen and oxygen atoms in total. The topological polar surface area (TPSA) is 124 Å². The van der Waals surface area contributed by atoms with Crippen LogP contribution in [-0.2, 0) is 10.0 Å². The van der Waals surface area contributed by atoms with E-state index >= 15 is 0 Å². The molecule has 10 heteroatoms. The molecule has 2 aromatic heterocycles. The molecular formula is C17H16N4O5S. The summed E-state index contributed by atoms with van der Waals surface area (Å²) in [6, 6.07) is 8.87. The number of ether oxygens (including phenoxy) is 1. The first kappa shape index (κ1) is 18.5. The lowest BCUT2D eigenvalue weighted by Gasteiger charge is -2.10. The van der Waals surface area contributed by atoms with E-state index in [-0.39, 0.29) is 22.9 Å². The molecule has 0 atom stereocenters. The second-order valence-corrected chi connectivity index (χ2v) is 7.03. The van der Waals surface area contributed by atoms with Gasteiger partial charge in [0.2, 0.25) is 17.7 Å². The van der Waals surface area contributed by atoms with Crippen molar-refractivity contribution in [3.05, 3.63) is 54.0 Å². The van der Waals surface area contributed by atoms with Gasteiger partial charge in [0.05, 0.1) is 6.61 Å². The zero-order chi connectivity index (χ0) is 19.4. The van der Waals surface area contributed by atoms with Crippen molar-refractivity contribution in [2.45, 2.75) is 18.7 Å². The monoisotopic (exact) mass is 388 g/mol. The van der Waals surface area contributed by atoms with E-state index in [0.29, 0.717) is 17.3 Å². The van der Waals surface area contributed by atoms with Crippen LogP contribution in [0.5, 0.6) is 5.88 Å². The van der Waals surface area contributed by atoms with Gasteiger partial charge in [-0.15, -0.1) is 10.2 Å². The van der Waals surface area contributed by atoms with E-state index in [9.17, 15) is 13.2 Å². The molecule has 0 aliphatic rings. The van der Waals surface area contributed by atoms with Crippen molar-refractivity contribution in [3.8, 4) is 17.3 Å². The van der Waals surface area contributed by atoms with Crippen LogP contribution >= 0.6 is 0 Å². The van der Waals surface area contributed by atoms with Gasteiger partial charge in [-0.05, 0) is 43.3 Å². The summed E-state index contributed by atoms with van der Waals surface area (Å²) in [5.74, 6) is -0.125. The normalized spacial score (nSPS) is 11.2. The van der Waals surface area contributed by atoms with Gasteiger partial charge in [-0.2, -0.15) is 0 Å². The van der Waals surface area contributed by atoms with Crippen LogP contribution in [0, 0.1) is 6.92 Å². The molecule has 2 heterocycles. The number of pyridine rings is 1. The van der Waals surface area contributed by atoms with Gasteiger partial charge in [-0.1, -0.05) is 0 Å². The number of carbonyl (C=O) groups excluding carboxylic acids is 1. The number of aromatic nitrogens is 3. The number of nitrogens with zero attached hydrogens (tertiary/aromatic N) is 3. The summed E-state index contributed by atoms with van der Waals surface area (Å²) >= 11 is 0. The molecule has 0 saturated carbocycles. The Bertz CT molecular complexity index is 1060. The van der Waals surface area contributed by atoms with Gasteiger partial charge in [0.15, 0.2) is 0 Å². The average molecular weight is 388 g/mol. The van der Waals surface area contributed by atoms with E-state index in [4.69, 9.17) is 9.15 Å².